The Morgan fingerprint density at radius 3 is 2.88 bits per heavy atom. The summed E-state index contributed by atoms with van der Waals surface area (Å²) in [5.74, 6) is -0.829. The molecule has 0 amide bonds. The summed E-state index contributed by atoms with van der Waals surface area (Å²) in [5, 5.41) is 9.21. The van der Waals surface area contributed by atoms with E-state index in [1.165, 1.54) is 12.8 Å². The van der Waals surface area contributed by atoms with Crippen LogP contribution in [0.4, 0.5) is 0 Å². The number of nitrogens with zero attached hydrogens (tertiary/aromatic N) is 2. The SMILES string of the molecule is O=C(O)C1=CC2(CCCC2)C2=CN=CCN12. The summed E-state index contributed by atoms with van der Waals surface area (Å²) in [5.41, 5.74) is 1.48. The van der Waals surface area contributed by atoms with Crippen molar-refractivity contribution in [3.8, 4) is 0 Å². The molecule has 1 spiro atoms. The van der Waals surface area contributed by atoms with Crippen LogP contribution in [0, 0.1) is 5.41 Å². The first kappa shape index (κ1) is 9.63. The fourth-order valence-electron chi connectivity index (χ4n) is 3.04. The minimum atomic E-state index is -0.829. The van der Waals surface area contributed by atoms with E-state index in [4.69, 9.17) is 0 Å². The third-order valence-electron chi connectivity index (χ3n) is 3.79. The van der Waals surface area contributed by atoms with Crippen LogP contribution in [0.1, 0.15) is 25.7 Å². The summed E-state index contributed by atoms with van der Waals surface area (Å²) in [7, 11) is 0. The molecule has 2 heterocycles. The van der Waals surface area contributed by atoms with Crippen LogP contribution < -0.4 is 0 Å². The van der Waals surface area contributed by atoms with Gasteiger partial charge in [0.25, 0.3) is 0 Å². The zero-order chi connectivity index (χ0) is 11.2. The predicted molar refractivity (Wildman–Crippen MR) is 59.9 cm³/mol. The highest BCUT2D eigenvalue weighted by Crippen LogP contribution is 2.52. The molecule has 0 bridgehead atoms. The second-order valence-electron chi connectivity index (χ2n) is 4.65. The molecule has 2 aliphatic heterocycles. The number of carboxylic acids is 1. The van der Waals surface area contributed by atoms with E-state index in [0.717, 1.165) is 18.5 Å². The van der Waals surface area contributed by atoms with Crippen LogP contribution in [0.15, 0.2) is 28.7 Å². The number of carboxylic acid groups (broad SMARTS) is 1. The quantitative estimate of drug-likeness (QED) is 0.729. The molecule has 3 rings (SSSR count). The van der Waals surface area contributed by atoms with Crippen LogP contribution in [-0.2, 0) is 4.79 Å². The molecule has 16 heavy (non-hydrogen) atoms. The van der Waals surface area contributed by atoms with Crippen molar-refractivity contribution in [2.75, 3.05) is 6.54 Å². The van der Waals surface area contributed by atoms with Gasteiger partial charge in [0.05, 0.1) is 6.54 Å². The molecule has 0 atom stereocenters. The minimum Gasteiger partial charge on any atom is -0.477 e. The molecule has 1 N–H and O–H groups in total. The van der Waals surface area contributed by atoms with E-state index >= 15 is 0 Å². The fraction of sp³-hybridized carbons (Fsp3) is 0.500. The van der Waals surface area contributed by atoms with Crippen LogP contribution in [0.5, 0.6) is 0 Å². The largest absolute Gasteiger partial charge is 0.477 e. The third kappa shape index (κ3) is 1.16. The Kier molecular flexibility index (Phi) is 1.93. The van der Waals surface area contributed by atoms with Gasteiger partial charge < -0.3 is 10.0 Å². The number of hydrogen-bond acceptors (Lipinski definition) is 3. The van der Waals surface area contributed by atoms with E-state index in [1.54, 1.807) is 6.21 Å². The number of fused-ring (bicyclic) bond motifs is 2. The second-order valence-corrected chi connectivity index (χ2v) is 4.65. The molecular weight excluding hydrogens is 204 g/mol. The first-order chi connectivity index (χ1) is 7.73. The maximum Gasteiger partial charge on any atom is 0.352 e. The van der Waals surface area contributed by atoms with Gasteiger partial charge in [0.1, 0.15) is 5.70 Å². The predicted octanol–water partition coefficient (Wildman–Crippen LogP) is 1.76. The van der Waals surface area contributed by atoms with Gasteiger partial charge >= 0.3 is 5.97 Å². The van der Waals surface area contributed by atoms with Crippen LogP contribution in [0.3, 0.4) is 0 Å². The Hall–Kier alpha value is -1.58. The van der Waals surface area contributed by atoms with Gasteiger partial charge in [-0.2, -0.15) is 0 Å². The van der Waals surface area contributed by atoms with E-state index in [0.29, 0.717) is 12.2 Å². The summed E-state index contributed by atoms with van der Waals surface area (Å²) < 4.78 is 0. The van der Waals surface area contributed by atoms with Gasteiger partial charge in [-0.15, -0.1) is 0 Å². The van der Waals surface area contributed by atoms with E-state index in [9.17, 15) is 9.90 Å². The lowest BCUT2D eigenvalue weighted by Gasteiger charge is -2.30. The van der Waals surface area contributed by atoms with Gasteiger partial charge in [0, 0.05) is 23.5 Å². The molecule has 1 saturated carbocycles. The number of rotatable bonds is 1. The number of aliphatic imine (C=N–C) groups is 1. The fourth-order valence-corrected chi connectivity index (χ4v) is 3.04. The molecule has 84 valence electrons. The van der Waals surface area contributed by atoms with Gasteiger partial charge in [0.2, 0.25) is 0 Å². The normalized spacial score (nSPS) is 25.6. The standard InChI is InChI=1S/C12H14N2O2/c15-11(16)9-7-12(3-1-2-4-12)10-8-13-5-6-14(9)10/h5,7-8H,1-4,6H2,(H,15,16). The molecule has 1 aliphatic carbocycles. The highest BCUT2D eigenvalue weighted by Gasteiger charge is 2.46. The Bertz CT molecular complexity index is 428. The highest BCUT2D eigenvalue weighted by molar-refractivity contribution is 5.88. The Balaban J connectivity index is 2.08. The lowest BCUT2D eigenvalue weighted by atomic mass is 9.84. The van der Waals surface area contributed by atoms with Crippen molar-refractivity contribution in [1.29, 1.82) is 0 Å². The summed E-state index contributed by atoms with van der Waals surface area (Å²) in [6.07, 6.45) is 10.0. The van der Waals surface area contributed by atoms with Crippen molar-refractivity contribution >= 4 is 12.2 Å². The Morgan fingerprint density at radius 1 is 1.44 bits per heavy atom. The molecule has 0 aromatic heterocycles. The molecule has 0 aromatic carbocycles. The Morgan fingerprint density at radius 2 is 2.19 bits per heavy atom. The van der Waals surface area contributed by atoms with Crippen molar-refractivity contribution in [2.45, 2.75) is 25.7 Å². The molecule has 3 aliphatic rings. The topological polar surface area (TPSA) is 52.9 Å². The van der Waals surface area contributed by atoms with Gasteiger partial charge in [-0.05, 0) is 18.9 Å². The number of allylic oxidation sites excluding steroid dienone is 1. The van der Waals surface area contributed by atoms with E-state index < -0.39 is 5.97 Å². The monoisotopic (exact) mass is 218 g/mol. The van der Waals surface area contributed by atoms with Crippen molar-refractivity contribution in [3.05, 3.63) is 23.7 Å². The van der Waals surface area contributed by atoms with Crippen LogP contribution in [-0.4, -0.2) is 28.7 Å². The average Bonchev–Trinajstić information content (AvgIpc) is 2.87. The number of aliphatic carboxylic acids is 1. The zero-order valence-electron chi connectivity index (χ0n) is 9.02. The van der Waals surface area contributed by atoms with Gasteiger partial charge in [-0.1, -0.05) is 12.8 Å². The van der Waals surface area contributed by atoms with E-state index in [-0.39, 0.29) is 5.41 Å². The summed E-state index contributed by atoms with van der Waals surface area (Å²) in [6, 6.07) is 0. The summed E-state index contributed by atoms with van der Waals surface area (Å²) in [4.78, 5) is 17.3. The number of hydrogen-bond donors (Lipinski definition) is 1. The molecule has 0 unspecified atom stereocenters. The van der Waals surface area contributed by atoms with Crippen molar-refractivity contribution in [3.63, 3.8) is 0 Å². The molecule has 4 heteroatoms. The minimum absolute atomic E-state index is 0.0362. The van der Waals surface area contributed by atoms with Crippen molar-refractivity contribution in [1.82, 2.24) is 4.90 Å². The first-order valence-electron chi connectivity index (χ1n) is 5.69. The molecule has 4 nitrogen and oxygen atoms in total. The van der Waals surface area contributed by atoms with Crippen molar-refractivity contribution < 1.29 is 9.90 Å². The maximum absolute atomic E-state index is 11.2. The molecule has 0 saturated heterocycles. The van der Waals surface area contributed by atoms with Gasteiger partial charge in [-0.3, -0.25) is 4.99 Å². The summed E-state index contributed by atoms with van der Waals surface area (Å²) in [6.45, 7) is 0.589. The van der Waals surface area contributed by atoms with Crippen molar-refractivity contribution in [2.24, 2.45) is 10.4 Å². The highest BCUT2D eigenvalue weighted by atomic mass is 16.4. The second kappa shape index (κ2) is 3.20. The third-order valence-corrected chi connectivity index (χ3v) is 3.79. The molecular formula is C12H14N2O2. The molecule has 1 fully saturated rings. The Labute approximate surface area is 94.0 Å². The maximum atomic E-state index is 11.2. The molecule has 0 aromatic rings. The smallest absolute Gasteiger partial charge is 0.352 e. The van der Waals surface area contributed by atoms with Gasteiger partial charge in [-0.25, -0.2) is 4.79 Å². The lowest BCUT2D eigenvalue weighted by molar-refractivity contribution is -0.133. The number of carbonyl (C=O) groups is 1. The average molecular weight is 218 g/mol. The summed E-state index contributed by atoms with van der Waals surface area (Å²) >= 11 is 0. The van der Waals surface area contributed by atoms with E-state index in [2.05, 4.69) is 4.99 Å². The van der Waals surface area contributed by atoms with Crippen LogP contribution in [0.25, 0.3) is 0 Å². The van der Waals surface area contributed by atoms with Gasteiger partial charge in [0.15, 0.2) is 0 Å². The first-order valence-corrected chi connectivity index (χ1v) is 5.69. The molecule has 0 radical (unpaired) electrons. The zero-order valence-corrected chi connectivity index (χ0v) is 9.02. The van der Waals surface area contributed by atoms with Crippen LogP contribution in [0.2, 0.25) is 0 Å². The van der Waals surface area contributed by atoms with E-state index in [1.807, 2.05) is 17.2 Å². The lowest BCUT2D eigenvalue weighted by Crippen LogP contribution is -2.30. The van der Waals surface area contributed by atoms with Crippen LogP contribution >= 0.6 is 0 Å².